The second kappa shape index (κ2) is 8.35. The second-order valence-electron chi connectivity index (χ2n) is 6.68. The van der Waals surface area contributed by atoms with Crippen LogP contribution < -0.4 is 10.2 Å². The number of carbonyl (C=O) groups excluding carboxylic acids is 2. The monoisotopic (exact) mass is 420 g/mol. The molecule has 0 aliphatic carbocycles. The number of nitrogens with one attached hydrogen (secondary N) is 1. The molecule has 3 aromatic carbocycles. The zero-order valence-electron chi connectivity index (χ0n) is 16.1. The lowest BCUT2D eigenvalue weighted by Crippen LogP contribution is -2.34. The molecule has 0 saturated carbocycles. The van der Waals surface area contributed by atoms with Crippen molar-refractivity contribution in [2.75, 3.05) is 10.2 Å². The minimum atomic E-state index is -0.299. The van der Waals surface area contributed by atoms with Crippen LogP contribution in [-0.2, 0) is 9.59 Å². The highest BCUT2D eigenvalue weighted by Crippen LogP contribution is 2.48. The SMILES string of the molecule is CC(=O)Nc1cccc(SC(C)C(=O)N2c3ccccc3Sc3ccccc32)c1. The van der Waals surface area contributed by atoms with Gasteiger partial charge in [-0.25, -0.2) is 0 Å². The Morgan fingerprint density at radius 3 is 2.17 bits per heavy atom. The summed E-state index contributed by atoms with van der Waals surface area (Å²) in [5.74, 6) is -0.0876. The van der Waals surface area contributed by atoms with Gasteiger partial charge in [0.15, 0.2) is 0 Å². The van der Waals surface area contributed by atoms with E-state index in [-0.39, 0.29) is 17.1 Å². The van der Waals surface area contributed by atoms with E-state index in [9.17, 15) is 9.59 Å². The molecule has 1 heterocycles. The quantitative estimate of drug-likeness (QED) is 0.530. The van der Waals surface area contributed by atoms with E-state index in [1.165, 1.54) is 18.7 Å². The Balaban J connectivity index is 1.62. The summed E-state index contributed by atoms with van der Waals surface area (Å²) in [6, 6.07) is 23.6. The molecule has 1 aliphatic rings. The predicted octanol–water partition coefficient (Wildman–Crippen LogP) is 5.96. The fourth-order valence-electron chi connectivity index (χ4n) is 3.23. The molecule has 1 aliphatic heterocycles. The average molecular weight is 421 g/mol. The van der Waals surface area contributed by atoms with Crippen LogP contribution in [0.25, 0.3) is 0 Å². The summed E-state index contributed by atoms with van der Waals surface area (Å²) in [6.45, 7) is 3.40. The Bertz CT molecular complexity index is 1040. The van der Waals surface area contributed by atoms with Crippen LogP contribution in [0.1, 0.15) is 13.8 Å². The van der Waals surface area contributed by atoms with Gasteiger partial charge in [0.2, 0.25) is 11.8 Å². The molecule has 0 spiro atoms. The first-order valence-electron chi connectivity index (χ1n) is 9.27. The van der Waals surface area contributed by atoms with Gasteiger partial charge in [-0.15, -0.1) is 11.8 Å². The third-order valence-electron chi connectivity index (χ3n) is 4.47. The Morgan fingerprint density at radius 2 is 1.55 bits per heavy atom. The van der Waals surface area contributed by atoms with E-state index in [4.69, 9.17) is 0 Å². The van der Waals surface area contributed by atoms with E-state index < -0.39 is 0 Å². The van der Waals surface area contributed by atoms with E-state index in [0.29, 0.717) is 0 Å². The van der Waals surface area contributed by atoms with E-state index in [2.05, 4.69) is 5.32 Å². The minimum Gasteiger partial charge on any atom is -0.326 e. The Hall–Kier alpha value is -2.70. The summed E-state index contributed by atoms with van der Waals surface area (Å²) < 4.78 is 0. The smallest absolute Gasteiger partial charge is 0.244 e. The maximum Gasteiger partial charge on any atom is 0.244 e. The summed E-state index contributed by atoms with van der Waals surface area (Å²) in [6.07, 6.45) is 0. The van der Waals surface area contributed by atoms with Crippen molar-refractivity contribution < 1.29 is 9.59 Å². The number of benzene rings is 3. The third kappa shape index (κ3) is 4.18. The number of thioether (sulfide) groups is 1. The maximum absolute atomic E-state index is 13.5. The van der Waals surface area contributed by atoms with Crippen LogP contribution in [0, 0.1) is 0 Å². The number of amides is 2. The molecule has 29 heavy (non-hydrogen) atoms. The molecule has 6 heteroatoms. The molecule has 1 N–H and O–H groups in total. The largest absolute Gasteiger partial charge is 0.326 e. The van der Waals surface area contributed by atoms with Crippen molar-refractivity contribution in [3.63, 3.8) is 0 Å². The molecule has 2 amide bonds. The minimum absolute atomic E-state index is 0.0279. The van der Waals surface area contributed by atoms with Gasteiger partial charge in [0.25, 0.3) is 0 Å². The lowest BCUT2D eigenvalue weighted by Gasteiger charge is -2.32. The molecule has 0 fully saturated rings. The molecule has 0 aromatic heterocycles. The van der Waals surface area contributed by atoms with Gasteiger partial charge in [-0.2, -0.15) is 0 Å². The zero-order chi connectivity index (χ0) is 20.4. The van der Waals surface area contributed by atoms with Gasteiger partial charge >= 0.3 is 0 Å². The van der Waals surface area contributed by atoms with Gasteiger partial charge in [-0.3, -0.25) is 14.5 Å². The third-order valence-corrected chi connectivity index (χ3v) is 6.68. The molecule has 0 saturated heterocycles. The van der Waals surface area contributed by atoms with Crippen molar-refractivity contribution in [3.8, 4) is 0 Å². The van der Waals surface area contributed by atoms with E-state index in [0.717, 1.165) is 31.7 Å². The van der Waals surface area contributed by atoms with Crippen molar-refractivity contribution in [1.82, 2.24) is 0 Å². The number of nitrogens with zero attached hydrogens (tertiary/aromatic N) is 1. The van der Waals surface area contributed by atoms with Crippen LogP contribution in [0.15, 0.2) is 87.5 Å². The molecular formula is C23H20N2O2S2. The van der Waals surface area contributed by atoms with Crippen LogP contribution in [0.5, 0.6) is 0 Å². The highest BCUT2D eigenvalue weighted by Gasteiger charge is 2.31. The number of para-hydroxylation sites is 2. The molecule has 4 nitrogen and oxygen atoms in total. The summed E-state index contributed by atoms with van der Waals surface area (Å²) in [7, 11) is 0. The van der Waals surface area contributed by atoms with Gasteiger partial charge in [-0.1, -0.05) is 42.1 Å². The first-order chi connectivity index (χ1) is 14.0. The summed E-state index contributed by atoms with van der Waals surface area (Å²) >= 11 is 3.17. The van der Waals surface area contributed by atoms with Crippen LogP contribution in [0.4, 0.5) is 17.1 Å². The number of hydrogen-bond acceptors (Lipinski definition) is 4. The fraction of sp³-hybridized carbons (Fsp3) is 0.130. The van der Waals surface area contributed by atoms with Gasteiger partial charge in [0.1, 0.15) is 0 Å². The van der Waals surface area contributed by atoms with Gasteiger partial charge < -0.3 is 5.32 Å². The number of rotatable bonds is 4. The molecular weight excluding hydrogens is 400 g/mol. The standard InChI is InChI=1S/C23H20N2O2S2/c1-15(28-18-9-7-8-17(14-18)24-16(2)26)23(27)25-19-10-3-5-12-21(19)29-22-13-6-4-11-20(22)25/h3-15H,1-2H3,(H,24,26). The summed E-state index contributed by atoms with van der Waals surface area (Å²) in [5, 5.41) is 2.49. The Kier molecular flexibility index (Phi) is 5.65. The van der Waals surface area contributed by atoms with Crippen LogP contribution in [0.2, 0.25) is 0 Å². The number of fused-ring (bicyclic) bond motifs is 2. The van der Waals surface area contributed by atoms with Crippen molar-refractivity contribution in [2.24, 2.45) is 0 Å². The van der Waals surface area contributed by atoms with E-state index in [1.807, 2.05) is 84.6 Å². The lowest BCUT2D eigenvalue weighted by molar-refractivity contribution is -0.117. The van der Waals surface area contributed by atoms with Crippen molar-refractivity contribution in [3.05, 3.63) is 72.8 Å². The molecule has 4 rings (SSSR count). The molecule has 1 unspecified atom stereocenters. The molecule has 0 bridgehead atoms. The average Bonchev–Trinajstić information content (AvgIpc) is 2.71. The summed E-state index contributed by atoms with van der Waals surface area (Å²) in [5.41, 5.74) is 2.56. The van der Waals surface area contributed by atoms with Crippen molar-refractivity contribution in [2.45, 2.75) is 33.8 Å². The normalized spacial score (nSPS) is 13.2. The van der Waals surface area contributed by atoms with Crippen LogP contribution in [-0.4, -0.2) is 17.1 Å². The Morgan fingerprint density at radius 1 is 0.931 bits per heavy atom. The highest BCUT2D eigenvalue weighted by atomic mass is 32.2. The molecule has 3 aromatic rings. The van der Waals surface area contributed by atoms with Crippen LogP contribution >= 0.6 is 23.5 Å². The van der Waals surface area contributed by atoms with Gasteiger partial charge in [0, 0.05) is 27.3 Å². The lowest BCUT2D eigenvalue weighted by atomic mass is 10.2. The maximum atomic E-state index is 13.5. The Labute approximate surface area is 178 Å². The first-order valence-corrected chi connectivity index (χ1v) is 11.0. The molecule has 1 atom stereocenters. The molecule has 146 valence electrons. The van der Waals surface area contributed by atoms with E-state index in [1.54, 1.807) is 11.8 Å². The van der Waals surface area contributed by atoms with Gasteiger partial charge in [0.05, 0.1) is 16.6 Å². The summed E-state index contributed by atoms with van der Waals surface area (Å²) in [4.78, 5) is 29.7. The van der Waals surface area contributed by atoms with Crippen molar-refractivity contribution >= 4 is 52.4 Å². The first kappa shape index (κ1) is 19.6. The highest BCUT2D eigenvalue weighted by molar-refractivity contribution is 8.00. The number of carbonyl (C=O) groups is 2. The zero-order valence-corrected chi connectivity index (χ0v) is 17.7. The number of anilines is 3. The molecule has 0 radical (unpaired) electrons. The number of hydrogen-bond donors (Lipinski definition) is 1. The van der Waals surface area contributed by atoms with Gasteiger partial charge in [-0.05, 0) is 49.4 Å². The fourth-order valence-corrected chi connectivity index (χ4v) is 5.25. The van der Waals surface area contributed by atoms with E-state index >= 15 is 0 Å². The van der Waals surface area contributed by atoms with Crippen molar-refractivity contribution in [1.29, 1.82) is 0 Å². The topological polar surface area (TPSA) is 49.4 Å². The second-order valence-corrected chi connectivity index (χ2v) is 9.18. The van der Waals surface area contributed by atoms with Crippen LogP contribution in [0.3, 0.4) is 0 Å². The predicted molar refractivity (Wildman–Crippen MR) is 120 cm³/mol.